The standard InChI is InChI=1S/C14H21N3O2/c1-10-13(8-16-11(2)17-10)14(18)15-6-5-12-4-3-7-19-9-12/h8,12H,3-7,9H2,1-2H3,(H,15,18)/t12-/m0/s1. The number of nitrogens with one attached hydrogen (secondary N) is 1. The molecule has 5 nitrogen and oxygen atoms in total. The number of aromatic nitrogens is 2. The third kappa shape index (κ3) is 3.99. The van der Waals surface area contributed by atoms with Gasteiger partial charge in [-0.25, -0.2) is 9.97 Å². The third-order valence-electron chi connectivity index (χ3n) is 3.44. The molecule has 19 heavy (non-hydrogen) atoms. The minimum Gasteiger partial charge on any atom is -0.381 e. The van der Waals surface area contributed by atoms with Crippen molar-refractivity contribution in [3.63, 3.8) is 0 Å². The van der Waals surface area contributed by atoms with E-state index in [0.717, 1.165) is 31.7 Å². The van der Waals surface area contributed by atoms with E-state index in [9.17, 15) is 4.79 Å². The minimum absolute atomic E-state index is 0.0887. The van der Waals surface area contributed by atoms with Gasteiger partial charge in [-0.2, -0.15) is 0 Å². The molecule has 0 bridgehead atoms. The molecule has 0 unspecified atom stereocenters. The van der Waals surface area contributed by atoms with E-state index in [-0.39, 0.29) is 5.91 Å². The maximum absolute atomic E-state index is 12.0. The van der Waals surface area contributed by atoms with Crippen molar-refractivity contribution in [1.82, 2.24) is 15.3 Å². The quantitative estimate of drug-likeness (QED) is 0.897. The third-order valence-corrected chi connectivity index (χ3v) is 3.44. The Morgan fingerprint density at radius 2 is 2.37 bits per heavy atom. The Morgan fingerprint density at radius 1 is 1.53 bits per heavy atom. The molecule has 1 N–H and O–H groups in total. The molecule has 2 heterocycles. The molecule has 0 saturated carbocycles. The van der Waals surface area contributed by atoms with Crippen molar-refractivity contribution in [2.75, 3.05) is 19.8 Å². The van der Waals surface area contributed by atoms with E-state index < -0.39 is 0 Å². The highest BCUT2D eigenvalue weighted by Crippen LogP contribution is 2.16. The summed E-state index contributed by atoms with van der Waals surface area (Å²) in [6.45, 7) is 6.03. The highest BCUT2D eigenvalue weighted by Gasteiger charge is 2.15. The fourth-order valence-corrected chi connectivity index (χ4v) is 2.33. The summed E-state index contributed by atoms with van der Waals surface area (Å²) < 4.78 is 5.42. The fraction of sp³-hybridized carbons (Fsp3) is 0.643. The molecule has 0 aromatic carbocycles. The topological polar surface area (TPSA) is 64.1 Å². The Hall–Kier alpha value is -1.49. The molecule has 5 heteroatoms. The molecule has 1 amide bonds. The minimum atomic E-state index is -0.0887. The Labute approximate surface area is 113 Å². The van der Waals surface area contributed by atoms with E-state index in [1.807, 2.05) is 13.8 Å². The average Bonchev–Trinajstić information content (AvgIpc) is 2.39. The van der Waals surface area contributed by atoms with Crippen molar-refractivity contribution < 1.29 is 9.53 Å². The summed E-state index contributed by atoms with van der Waals surface area (Å²) in [6, 6.07) is 0. The summed E-state index contributed by atoms with van der Waals surface area (Å²) in [5.41, 5.74) is 1.29. The molecule has 1 atom stereocenters. The maximum Gasteiger partial charge on any atom is 0.254 e. The van der Waals surface area contributed by atoms with Crippen LogP contribution in [0.5, 0.6) is 0 Å². The monoisotopic (exact) mass is 263 g/mol. The van der Waals surface area contributed by atoms with Gasteiger partial charge in [-0.1, -0.05) is 0 Å². The first-order valence-corrected chi connectivity index (χ1v) is 6.83. The molecule has 1 aromatic rings. The lowest BCUT2D eigenvalue weighted by atomic mass is 9.99. The summed E-state index contributed by atoms with van der Waals surface area (Å²) >= 11 is 0. The van der Waals surface area contributed by atoms with E-state index in [1.165, 1.54) is 6.42 Å². The summed E-state index contributed by atoms with van der Waals surface area (Å²) in [5.74, 6) is 1.17. The SMILES string of the molecule is Cc1ncc(C(=O)NCC[C@@H]2CCCOC2)c(C)n1. The van der Waals surface area contributed by atoms with E-state index in [1.54, 1.807) is 6.20 Å². The number of carbonyl (C=O) groups excluding carboxylic acids is 1. The van der Waals surface area contributed by atoms with Gasteiger partial charge in [0, 0.05) is 26.0 Å². The van der Waals surface area contributed by atoms with Crippen molar-refractivity contribution in [3.05, 3.63) is 23.3 Å². The van der Waals surface area contributed by atoms with Crippen molar-refractivity contribution in [1.29, 1.82) is 0 Å². The van der Waals surface area contributed by atoms with Crippen molar-refractivity contribution in [2.24, 2.45) is 5.92 Å². The van der Waals surface area contributed by atoms with Crippen molar-refractivity contribution in [3.8, 4) is 0 Å². The molecule has 0 aliphatic carbocycles. The van der Waals surface area contributed by atoms with Gasteiger partial charge in [0.05, 0.1) is 11.3 Å². The van der Waals surface area contributed by atoms with Gasteiger partial charge in [0.2, 0.25) is 0 Å². The highest BCUT2D eigenvalue weighted by molar-refractivity contribution is 5.94. The molecular weight excluding hydrogens is 242 g/mol. The van der Waals surface area contributed by atoms with Crippen LogP contribution in [0.25, 0.3) is 0 Å². The zero-order valence-electron chi connectivity index (χ0n) is 11.6. The van der Waals surface area contributed by atoms with Gasteiger partial charge in [-0.3, -0.25) is 4.79 Å². The highest BCUT2D eigenvalue weighted by atomic mass is 16.5. The zero-order valence-corrected chi connectivity index (χ0v) is 11.6. The molecule has 1 saturated heterocycles. The molecule has 1 aliphatic heterocycles. The number of nitrogens with zero attached hydrogens (tertiary/aromatic N) is 2. The lowest BCUT2D eigenvalue weighted by Crippen LogP contribution is -2.29. The summed E-state index contributed by atoms with van der Waals surface area (Å²) in [7, 11) is 0. The number of aryl methyl sites for hydroxylation is 2. The van der Waals surface area contributed by atoms with E-state index in [4.69, 9.17) is 4.74 Å². The normalized spacial score (nSPS) is 19.2. The van der Waals surface area contributed by atoms with Crippen LogP contribution in [0, 0.1) is 19.8 Å². The second-order valence-corrected chi connectivity index (χ2v) is 5.04. The lowest BCUT2D eigenvalue weighted by Gasteiger charge is -2.21. The van der Waals surface area contributed by atoms with Crippen LogP contribution < -0.4 is 5.32 Å². The molecule has 1 aromatic heterocycles. The number of ether oxygens (including phenoxy) is 1. The summed E-state index contributed by atoms with van der Waals surface area (Å²) in [5, 5.41) is 2.93. The number of carbonyl (C=O) groups is 1. The second kappa shape index (κ2) is 6.61. The first-order valence-electron chi connectivity index (χ1n) is 6.83. The van der Waals surface area contributed by atoms with Crippen LogP contribution in [-0.4, -0.2) is 35.6 Å². The molecule has 1 aliphatic rings. The first-order chi connectivity index (χ1) is 9.16. The Kier molecular flexibility index (Phi) is 4.85. The molecule has 2 rings (SSSR count). The van der Waals surface area contributed by atoms with Crippen molar-refractivity contribution >= 4 is 5.91 Å². The Balaban J connectivity index is 1.80. The fourth-order valence-electron chi connectivity index (χ4n) is 2.33. The van der Waals surface area contributed by atoms with Crippen LogP contribution in [0.2, 0.25) is 0 Å². The Morgan fingerprint density at radius 3 is 3.05 bits per heavy atom. The molecule has 0 radical (unpaired) electrons. The van der Waals surface area contributed by atoms with Crippen molar-refractivity contribution in [2.45, 2.75) is 33.1 Å². The van der Waals surface area contributed by atoms with Crippen LogP contribution in [0.15, 0.2) is 6.20 Å². The summed E-state index contributed by atoms with van der Waals surface area (Å²) in [4.78, 5) is 20.3. The van der Waals surface area contributed by atoms with Gasteiger partial charge >= 0.3 is 0 Å². The smallest absolute Gasteiger partial charge is 0.254 e. The average molecular weight is 263 g/mol. The lowest BCUT2D eigenvalue weighted by molar-refractivity contribution is 0.0514. The maximum atomic E-state index is 12.0. The van der Waals surface area contributed by atoms with Crippen LogP contribution in [0.4, 0.5) is 0 Å². The van der Waals surface area contributed by atoms with Crippen LogP contribution in [0.3, 0.4) is 0 Å². The molecule has 104 valence electrons. The van der Waals surface area contributed by atoms with E-state index >= 15 is 0 Å². The summed E-state index contributed by atoms with van der Waals surface area (Å²) in [6.07, 6.45) is 4.89. The van der Waals surface area contributed by atoms with E-state index in [2.05, 4.69) is 15.3 Å². The van der Waals surface area contributed by atoms with Gasteiger partial charge in [0.15, 0.2) is 0 Å². The molecule has 1 fully saturated rings. The van der Waals surface area contributed by atoms with Gasteiger partial charge in [0.25, 0.3) is 5.91 Å². The zero-order chi connectivity index (χ0) is 13.7. The number of hydrogen-bond acceptors (Lipinski definition) is 4. The first kappa shape index (κ1) is 13.9. The van der Waals surface area contributed by atoms with Gasteiger partial charge < -0.3 is 10.1 Å². The van der Waals surface area contributed by atoms with Gasteiger partial charge in [-0.15, -0.1) is 0 Å². The van der Waals surface area contributed by atoms with Gasteiger partial charge in [0.1, 0.15) is 5.82 Å². The largest absolute Gasteiger partial charge is 0.381 e. The number of hydrogen-bond donors (Lipinski definition) is 1. The molecular formula is C14H21N3O2. The predicted molar refractivity (Wildman–Crippen MR) is 72.0 cm³/mol. The number of amides is 1. The van der Waals surface area contributed by atoms with Gasteiger partial charge in [-0.05, 0) is 39.0 Å². The van der Waals surface area contributed by atoms with Crippen LogP contribution in [0.1, 0.15) is 41.1 Å². The van der Waals surface area contributed by atoms with Crippen LogP contribution >= 0.6 is 0 Å². The Bertz CT molecular complexity index is 442. The predicted octanol–water partition coefficient (Wildman–Crippen LogP) is 1.64. The van der Waals surface area contributed by atoms with Crippen LogP contribution in [-0.2, 0) is 4.74 Å². The second-order valence-electron chi connectivity index (χ2n) is 5.04. The number of rotatable bonds is 4. The van der Waals surface area contributed by atoms with E-state index in [0.29, 0.717) is 23.9 Å². The molecule has 0 spiro atoms.